The Morgan fingerprint density at radius 1 is 0.366 bits per heavy atom. The van der Waals surface area contributed by atoms with Crippen molar-refractivity contribution >= 4 is 64.0 Å². The maximum absolute atomic E-state index is 12.6. The zero-order chi connectivity index (χ0) is 108. The van der Waals surface area contributed by atoms with E-state index in [4.69, 9.17) is 23.0 Å². The van der Waals surface area contributed by atoms with E-state index in [2.05, 4.69) is 151 Å². The second-order valence-electron chi connectivity index (χ2n) is 52.4. The molecular formula is C106H200N16O12. The number of aryl methyl sites for hydroxylation is 2. The number of aromatic amines is 1. The number of carboxylic acids is 1. The summed E-state index contributed by atoms with van der Waals surface area (Å²) in [5.41, 5.74) is 9.34. The number of primary amides is 2. The molecule has 0 aliphatic heterocycles. The monoisotopic (exact) mass is 1890 g/mol. The van der Waals surface area contributed by atoms with Gasteiger partial charge < -0.3 is 73.2 Å². The predicted molar refractivity (Wildman–Crippen MR) is 553 cm³/mol. The quantitative estimate of drug-likeness (QED) is 0.0266. The van der Waals surface area contributed by atoms with Crippen LogP contribution in [0.3, 0.4) is 0 Å². The van der Waals surface area contributed by atoms with E-state index >= 15 is 0 Å². The maximum atomic E-state index is 12.6. The van der Waals surface area contributed by atoms with Crippen LogP contribution in [-0.4, -0.2) is 191 Å². The summed E-state index contributed by atoms with van der Waals surface area (Å²) in [6, 6.07) is -2.10. The number of hydrogen-bond donors (Lipinski definition) is 12. The SMILES string of the molecule is C#CC[C@H](NC(C)(C)C)C(=O)C(C)(C)C.CC(C)(C)N[C@@H](CC(N)=O)C(=O)C(C)(C)C.CC(C)(C)N[C@@H](CCC(=O)O)C(=O)C(C)(C)C.CC(C)(C)N[C@@H](CCC(N)=O)C(=O)C(C)(C)C.CC(C)(C)N[C@@H](Cc1cnc[nH]1)C(=O)C(C)(C)C.C[C@H](NC(C)(C)C)C(=O)C(C)(C)C.Cn1cnc(C[C@H](NC(C)(C)C)C(=O)C(C)(C)C)c1.Cn1cncc1C[C@H](NC(C)(C)C)C(=O)C(C)(C)C. The molecule has 8 atom stereocenters. The van der Waals surface area contributed by atoms with E-state index in [1.54, 1.807) is 25.2 Å². The van der Waals surface area contributed by atoms with Gasteiger partial charge >= 0.3 is 5.97 Å². The Labute approximate surface area is 814 Å². The summed E-state index contributed by atoms with van der Waals surface area (Å²) in [6.45, 7) is 96.7. The first-order valence-electron chi connectivity index (χ1n) is 47.7. The number of nitrogens with zero attached hydrogens (tertiary/aromatic N) is 5. The zero-order valence-electron chi connectivity index (χ0n) is 94.4. The normalized spacial score (nSPS) is 14.6. The fraction of sp³-hybridized carbons (Fsp3) is 0.792. The van der Waals surface area contributed by atoms with Gasteiger partial charge in [-0.1, -0.05) is 166 Å². The van der Waals surface area contributed by atoms with Crippen LogP contribution in [0.4, 0.5) is 0 Å². The molecule has 0 bridgehead atoms. The lowest BCUT2D eigenvalue weighted by Gasteiger charge is -2.31. The molecule has 776 valence electrons. The predicted octanol–water partition coefficient (Wildman–Crippen LogP) is 16.8. The van der Waals surface area contributed by atoms with E-state index in [1.165, 1.54) is 0 Å². The number of nitrogens with two attached hydrogens (primary N) is 2. The molecule has 3 aromatic rings. The van der Waals surface area contributed by atoms with Crippen LogP contribution in [0.5, 0.6) is 0 Å². The molecule has 0 saturated heterocycles. The number of nitrogens with one attached hydrogen (secondary N) is 9. The molecule has 0 fully saturated rings. The minimum atomic E-state index is -0.868. The number of H-pyrrole nitrogens is 1. The number of rotatable bonds is 31. The van der Waals surface area contributed by atoms with Crippen molar-refractivity contribution < 1.29 is 57.8 Å². The first kappa shape index (κ1) is 135. The number of carboxylic acid groups (broad SMARTS) is 1. The van der Waals surface area contributed by atoms with Crippen LogP contribution in [0.1, 0.15) is 395 Å². The minimum absolute atomic E-state index is 0.000324. The summed E-state index contributed by atoms with van der Waals surface area (Å²) in [7, 11) is 3.90. The number of aromatic nitrogens is 6. The van der Waals surface area contributed by atoms with E-state index in [0.29, 0.717) is 38.5 Å². The third-order valence-corrected chi connectivity index (χ3v) is 19.0. The highest BCUT2D eigenvalue weighted by Gasteiger charge is 2.40. The van der Waals surface area contributed by atoms with E-state index < -0.39 is 40.2 Å². The largest absolute Gasteiger partial charge is 0.481 e. The molecule has 0 aliphatic carbocycles. The summed E-state index contributed by atoms with van der Waals surface area (Å²) < 4.78 is 3.87. The smallest absolute Gasteiger partial charge is 0.303 e. The fourth-order valence-corrected chi connectivity index (χ4v) is 13.3. The van der Waals surface area contributed by atoms with Gasteiger partial charge in [0.15, 0.2) is 46.3 Å². The number of terminal acetylenes is 1. The van der Waals surface area contributed by atoms with Crippen molar-refractivity contribution in [2.75, 3.05) is 0 Å². The highest BCUT2D eigenvalue weighted by Crippen LogP contribution is 2.28. The summed E-state index contributed by atoms with van der Waals surface area (Å²) in [5.74, 6) is 2.20. The standard InChI is InChI=1S/2C15H27N3O.C14H25N3O.C13H26N2O2.C13H25NO3.C13H23NO.C12H24N2O2.C11H23NO/c1-14(2,3)13(19)12(17-15(4,5)6)8-11-9-18(7)10-16-11;1-14(2,3)13(19)12(17-15(4,5)6)8-11-9-16-10-18(11)7;1-13(2,3)12(18)11(17-14(4,5)6)7-10-8-15-9-16-10;1-12(2,3)11(17)9(7-8-10(14)16)15-13(4,5)6;1-12(2,3)11(17)9(7-8-10(15)16)14-13(4,5)6;1-8-9-10(14-13(5,6)7)11(15)12(2,3)4;1-11(2,3)10(16)8(7-9(13)15)14-12(4,5)6;1-8(12-11(5,6)7)9(13)10(2,3)4/h2*9-10,12,17H,8H2,1-7H3;8-9,11,17H,7H2,1-6H3,(H,15,16);9,15H,7-8H2,1-6H3,(H2,14,16);9,14H,7-8H2,1-6H3,(H,15,16);1,10,14H,9H2,2-7H3;8,14H,7H2,1-6H3,(H2,13,15);8,12H,1-7H3/t2*12-;11-;2*9-;10-;2*8-/m00000000/s1. The number of hydrogen-bond acceptors (Lipinski definition) is 22. The second kappa shape index (κ2) is 54.8. The molecule has 134 heavy (non-hydrogen) atoms. The van der Waals surface area contributed by atoms with Crippen LogP contribution >= 0.6 is 0 Å². The summed E-state index contributed by atoms with van der Waals surface area (Å²) >= 11 is 0. The Balaban J connectivity index is -0.000000474. The molecule has 0 saturated carbocycles. The molecule has 0 radical (unpaired) electrons. The van der Waals surface area contributed by atoms with Crippen molar-refractivity contribution in [1.29, 1.82) is 0 Å². The number of imidazole rings is 3. The maximum Gasteiger partial charge on any atom is 0.303 e. The lowest BCUT2D eigenvalue weighted by molar-refractivity contribution is -0.138. The zero-order valence-corrected chi connectivity index (χ0v) is 94.4. The average molecular weight is 1890 g/mol. The first-order chi connectivity index (χ1) is 59.0. The summed E-state index contributed by atoms with van der Waals surface area (Å²) in [5, 5.41) is 35.1. The Bertz CT molecular complexity index is 4040. The van der Waals surface area contributed by atoms with Crippen molar-refractivity contribution in [2.24, 2.45) is 68.9 Å². The van der Waals surface area contributed by atoms with E-state index in [-0.39, 0.29) is 179 Å². The van der Waals surface area contributed by atoms with Gasteiger partial charge in [0.25, 0.3) is 0 Å². The molecule has 0 spiro atoms. The molecule has 3 rings (SSSR count). The van der Waals surface area contributed by atoms with Crippen molar-refractivity contribution in [3.63, 3.8) is 0 Å². The highest BCUT2D eigenvalue weighted by atomic mass is 16.4. The molecule has 3 heterocycles. The van der Waals surface area contributed by atoms with Gasteiger partial charge in [-0.05, 0) is 186 Å². The summed E-state index contributed by atoms with van der Waals surface area (Å²) in [4.78, 5) is 146. The molecule has 14 N–H and O–H groups in total. The van der Waals surface area contributed by atoms with Gasteiger partial charge in [-0.3, -0.25) is 52.7 Å². The Morgan fingerprint density at radius 2 is 0.649 bits per heavy atom. The third-order valence-electron chi connectivity index (χ3n) is 19.0. The van der Waals surface area contributed by atoms with Crippen molar-refractivity contribution in [2.45, 2.75) is 490 Å². The van der Waals surface area contributed by atoms with Crippen LogP contribution in [0.2, 0.25) is 0 Å². The molecule has 28 nitrogen and oxygen atoms in total. The van der Waals surface area contributed by atoms with Gasteiger partial charge in [0, 0.05) is 177 Å². The second-order valence-corrected chi connectivity index (χ2v) is 52.4. The van der Waals surface area contributed by atoms with Gasteiger partial charge in [-0.2, -0.15) is 0 Å². The molecule has 28 heteroatoms. The van der Waals surface area contributed by atoms with Crippen LogP contribution in [0, 0.1) is 55.7 Å². The van der Waals surface area contributed by atoms with Gasteiger partial charge in [0.1, 0.15) is 0 Å². The molecule has 0 aliphatic rings. The molecule has 3 aromatic heterocycles. The minimum Gasteiger partial charge on any atom is -0.481 e. The van der Waals surface area contributed by atoms with Gasteiger partial charge in [0.2, 0.25) is 11.8 Å². The van der Waals surface area contributed by atoms with Crippen LogP contribution < -0.4 is 54.0 Å². The lowest BCUT2D eigenvalue weighted by atomic mass is 9.84. The van der Waals surface area contributed by atoms with E-state index in [1.807, 2.05) is 292 Å². The number of carbonyl (C=O) groups is 11. The van der Waals surface area contributed by atoms with Crippen molar-refractivity contribution in [3.05, 3.63) is 54.7 Å². The molecule has 0 unspecified atom stereocenters. The van der Waals surface area contributed by atoms with Gasteiger partial charge in [0.05, 0.1) is 73.0 Å². The number of aliphatic carboxylic acids is 1. The first-order valence-corrected chi connectivity index (χ1v) is 47.7. The summed E-state index contributed by atoms with van der Waals surface area (Å²) in [6.07, 6.45) is 19.5. The van der Waals surface area contributed by atoms with Crippen LogP contribution in [-0.2, 0) is 86.1 Å². The van der Waals surface area contributed by atoms with E-state index in [9.17, 15) is 52.7 Å². The number of ketones is 8. The number of amides is 2. The molecular weight excluding hydrogens is 1690 g/mol. The Hall–Kier alpha value is -7.36. The van der Waals surface area contributed by atoms with Gasteiger partial charge in [-0.25, -0.2) is 15.0 Å². The van der Waals surface area contributed by atoms with Gasteiger partial charge in [-0.15, -0.1) is 12.3 Å². The lowest BCUT2D eigenvalue weighted by Crippen LogP contribution is -2.52. The molecule has 0 aromatic carbocycles. The topological polar surface area (TPSA) is 421 Å². The Kier molecular flexibility index (Phi) is 55.3. The van der Waals surface area contributed by atoms with Crippen LogP contribution in [0.15, 0.2) is 37.6 Å². The number of carbonyl (C=O) groups excluding carboxylic acids is 10. The van der Waals surface area contributed by atoms with Crippen LogP contribution in [0.25, 0.3) is 0 Å². The fourth-order valence-electron chi connectivity index (χ4n) is 13.3. The van der Waals surface area contributed by atoms with Crippen molar-refractivity contribution in [3.8, 4) is 12.3 Å². The average Bonchev–Trinajstić information content (AvgIpc) is 1.53. The molecule has 2 amide bonds. The number of Topliss-reactive ketones (excluding diaryl/α,β-unsaturated/α-hetero) is 8. The van der Waals surface area contributed by atoms with E-state index in [0.717, 1.165) is 17.1 Å². The Morgan fingerprint density at radius 3 is 0.910 bits per heavy atom. The van der Waals surface area contributed by atoms with Crippen molar-refractivity contribution in [1.82, 2.24) is 71.6 Å². The third kappa shape index (κ3) is 67.8. The highest BCUT2D eigenvalue weighted by molar-refractivity contribution is 5.94.